The fourth-order valence-corrected chi connectivity index (χ4v) is 4.03. The van der Waals surface area contributed by atoms with Crippen LogP contribution in [0.3, 0.4) is 0 Å². The van der Waals surface area contributed by atoms with Gasteiger partial charge in [-0.05, 0) is 42.8 Å². The highest BCUT2D eigenvalue weighted by Crippen LogP contribution is 2.36. The number of fused-ring (bicyclic) bond motifs is 3. The molecule has 1 aliphatic heterocycles. The third kappa shape index (κ3) is 2.05. The van der Waals surface area contributed by atoms with Gasteiger partial charge in [0.15, 0.2) is 0 Å². The lowest BCUT2D eigenvalue weighted by atomic mass is 10.1. The van der Waals surface area contributed by atoms with Gasteiger partial charge in [-0.2, -0.15) is 5.26 Å². The van der Waals surface area contributed by atoms with E-state index in [1.807, 2.05) is 18.2 Å². The number of nitrogens with zero attached hydrogens (tertiary/aromatic N) is 3. The molecule has 4 heteroatoms. The van der Waals surface area contributed by atoms with Crippen LogP contribution in [0.2, 0.25) is 0 Å². The van der Waals surface area contributed by atoms with E-state index in [0.717, 1.165) is 29.8 Å². The number of piperidine rings is 1. The summed E-state index contributed by atoms with van der Waals surface area (Å²) in [4.78, 5) is 7.29. The van der Waals surface area contributed by atoms with E-state index in [-0.39, 0.29) is 0 Å². The number of hydrogen-bond acceptors (Lipinski definition) is 4. The van der Waals surface area contributed by atoms with Gasteiger partial charge < -0.3 is 4.90 Å². The van der Waals surface area contributed by atoms with E-state index in [9.17, 15) is 0 Å². The third-order valence-corrected chi connectivity index (χ3v) is 5.11. The van der Waals surface area contributed by atoms with E-state index in [1.54, 1.807) is 11.3 Å². The molecule has 0 unspecified atom stereocenters. The summed E-state index contributed by atoms with van der Waals surface area (Å²) in [6, 6.07) is 10.2. The van der Waals surface area contributed by atoms with Crippen LogP contribution in [0.25, 0.3) is 21.0 Å². The summed E-state index contributed by atoms with van der Waals surface area (Å²) in [7, 11) is 0. The number of benzene rings is 1. The maximum absolute atomic E-state index is 9.10. The van der Waals surface area contributed by atoms with Crippen molar-refractivity contribution in [3.8, 4) is 6.07 Å². The van der Waals surface area contributed by atoms with Crippen molar-refractivity contribution in [2.75, 3.05) is 18.0 Å². The molecule has 21 heavy (non-hydrogen) atoms. The number of aromatic nitrogens is 1. The van der Waals surface area contributed by atoms with Gasteiger partial charge in [0.1, 0.15) is 5.82 Å². The minimum absolute atomic E-state index is 0.676. The summed E-state index contributed by atoms with van der Waals surface area (Å²) >= 11 is 1.76. The first kappa shape index (κ1) is 12.6. The van der Waals surface area contributed by atoms with Gasteiger partial charge in [0.05, 0.1) is 17.1 Å². The van der Waals surface area contributed by atoms with Gasteiger partial charge >= 0.3 is 0 Å². The fraction of sp³-hybridized carbons (Fsp3) is 0.294. The molecule has 0 atom stereocenters. The Hall–Kier alpha value is -2.12. The lowest BCUT2D eigenvalue weighted by Gasteiger charge is -2.28. The molecule has 1 aromatic carbocycles. The maximum atomic E-state index is 9.10. The van der Waals surface area contributed by atoms with Crippen LogP contribution >= 0.6 is 11.3 Å². The van der Waals surface area contributed by atoms with Crippen molar-refractivity contribution in [1.29, 1.82) is 5.26 Å². The second kappa shape index (κ2) is 5.01. The van der Waals surface area contributed by atoms with Crippen molar-refractivity contribution >= 4 is 38.1 Å². The fourth-order valence-electron chi connectivity index (χ4n) is 3.10. The Morgan fingerprint density at radius 2 is 1.95 bits per heavy atom. The van der Waals surface area contributed by atoms with Crippen LogP contribution in [0.4, 0.5) is 5.82 Å². The number of hydrogen-bond donors (Lipinski definition) is 0. The molecular formula is C17H15N3S. The lowest BCUT2D eigenvalue weighted by Crippen LogP contribution is -2.30. The zero-order chi connectivity index (χ0) is 14.2. The molecule has 0 spiro atoms. The van der Waals surface area contributed by atoms with E-state index in [2.05, 4.69) is 22.4 Å². The Kier molecular flexibility index (Phi) is 3.01. The van der Waals surface area contributed by atoms with Crippen LogP contribution in [0, 0.1) is 11.3 Å². The number of pyridine rings is 1. The molecule has 0 aliphatic carbocycles. The Morgan fingerprint density at radius 1 is 1.10 bits per heavy atom. The molecule has 2 aromatic heterocycles. The molecule has 1 saturated heterocycles. The highest BCUT2D eigenvalue weighted by molar-refractivity contribution is 7.18. The maximum Gasteiger partial charge on any atom is 0.138 e. The molecule has 0 amide bonds. The summed E-state index contributed by atoms with van der Waals surface area (Å²) in [5.74, 6) is 1.09. The van der Waals surface area contributed by atoms with E-state index in [0.29, 0.717) is 5.56 Å². The van der Waals surface area contributed by atoms with Crippen LogP contribution in [-0.2, 0) is 0 Å². The van der Waals surface area contributed by atoms with Crippen molar-refractivity contribution in [2.45, 2.75) is 19.3 Å². The van der Waals surface area contributed by atoms with Gasteiger partial charge in [0, 0.05) is 28.6 Å². The Bertz CT molecular complexity index is 853. The van der Waals surface area contributed by atoms with Gasteiger partial charge in [-0.1, -0.05) is 6.07 Å². The first-order valence-electron chi connectivity index (χ1n) is 7.33. The predicted octanol–water partition coefficient (Wildman–Crippen LogP) is 4.31. The third-order valence-electron chi connectivity index (χ3n) is 4.16. The number of thiophene rings is 1. The van der Waals surface area contributed by atoms with Gasteiger partial charge in [-0.25, -0.2) is 4.98 Å². The van der Waals surface area contributed by atoms with Crippen molar-refractivity contribution in [3.63, 3.8) is 0 Å². The first-order chi connectivity index (χ1) is 10.4. The quantitative estimate of drug-likeness (QED) is 0.671. The predicted molar refractivity (Wildman–Crippen MR) is 87.9 cm³/mol. The molecule has 104 valence electrons. The SMILES string of the molecule is N#Cc1ccc2c(c1)nc(N1CCCCC1)c1ccsc12. The van der Waals surface area contributed by atoms with Crippen molar-refractivity contribution < 1.29 is 0 Å². The van der Waals surface area contributed by atoms with Gasteiger partial charge in [-0.15, -0.1) is 11.3 Å². The second-order valence-corrected chi connectivity index (χ2v) is 6.41. The van der Waals surface area contributed by atoms with Crippen molar-refractivity contribution in [1.82, 2.24) is 4.98 Å². The Balaban J connectivity index is 1.99. The minimum Gasteiger partial charge on any atom is -0.356 e. The largest absolute Gasteiger partial charge is 0.356 e. The highest BCUT2D eigenvalue weighted by Gasteiger charge is 2.17. The summed E-state index contributed by atoms with van der Waals surface area (Å²) < 4.78 is 1.28. The topological polar surface area (TPSA) is 39.9 Å². The molecule has 0 bridgehead atoms. The standard InChI is InChI=1S/C17H15N3S/c18-11-12-4-5-13-15(10-12)19-17(14-6-9-21-16(13)14)20-7-2-1-3-8-20/h4-6,9-10H,1-3,7-8H2. The van der Waals surface area contributed by atoms with Gasteiger partial charge in [-0.3, -0.25) is 0 Å². The van der Waals surface area contributed by atoms with E-state index >= 15 is 0 Å². The molecule has 3 nitrogen and oxygen atoms in total. The van der Waals surface area contributed by atoms with Gasteiger partial charge in [0.25, 0.3) is 0 Å². The Labute approximate surface area is 127 Å². The molecule has 0 radical (unpaired) electrons. The van der Waals surface area contributed by atoms with Crippen LogP contribution in [0.1, 0.15) is 24.8 Å². The first-order valence-corrected chi connectivity index (χ1v) is 8.21. The lowest BCUT2D eigenvalue weighted by molar-refractivity contribution is 0.575. The second-order valence-electron chi connectivity index (χ2n) is 5.49. The molecule has 1 aliphatic rings. The van der Waals surface area contributed by atoms with Gasteiger partial charge in [0.2, 0.25) is 0 Å². The molecule has 4 rings (SSSR count). The highest BCUT2D eigenvalue weighted by atomic mass is 32.1. The minimum atomic E-state index is 0.676. The average Bonchev–Trinajstić information content (AvgIpc) is 3.04. The summed E-state index contributed by atoms with van der Waals surface area (Å²) in [5.41, 5.74) is 1.61. The normalized spacial score (nSPS) is 15.5. The number of nitriles is 1. The van der Waals surface area contributed by atoms with Crippen molar-refractivity contribution in [3.05, 3.63) is 35.2 Å². The smallest absolute Gasteiger partial charge is 0.138 e. The summed E-state index contributed by atoms with van der Waals surface area (Å²) in [6.45, 7) is 2.17. The van der Waals surface area contributed by atoms with Crippen molar-refractivity contribution in [2.24, 2.45) is 0 Å². The zero-order valence-electron chi connectivity index (χ0n) is 11.7. The molecule has 0 saturated carbocycles. The Morgan fingerprint density at radius 3 is 2.76 bits per heavy atom. The van der Waals surface area contributed by atoms with Crippen LogP contribution in [-0.4, -0.2) is 18.1 Å². The number of rotatable bonds is 1. The average molecular weight is 293 g/mol. The van der Waals surface area contributed by atoms with E-state index in [1.165, 1.54) is 29.3 Å². The molecule has 1 fully saturated rings. The van der Waals surface area contributed by atoms with E-state index in [4.69, 9.17) is 10.2 Å². The van der Waals surface area contributed by atoms with Crippen LogP contribution in [0.5, 0.6) is 0 Å². The van der Waals surface area contributed by atoms with E-state index < -0.39 is 0 Å². The summed E-state index contributed by atoms with van der Waals surface area (Å²) in [5, 5.41) is 13.6. The molecular weight excluding hydrogens is 278 g/mol. The zero-order valence-corrected chi connectivity index (χ0v) is 12.5. The summed E-state index contributed by atoms with van der Waals surface area (Å²) in [6.07, 6.45) is 3.79. The van der Waals surface area contributed by atoms with Crippen LogP contribution in [0.15, 0.2) is 29.6 Å². The monoisotopic (exact) mass is 293 g/mol. The molecule has 3 heterocycles. The molecule has 3 aromatic rings. The number of anilines is 1. The van der Waals surface area contributed by atoms with Crippen LogP contribution < -0.4 is 4.90 Å². The molecule has 0 N–H and O–H groups in total.